The number of hydrogen-bond donors (Lipinski definition) is 0. The first kappa shape index (κ1) is 15.5. The van der Waals surface area contributed by atoms with E-state index >= 15 is 0 Å². The number of benzene rings is 1. The van der Waals surface area contributed by atoms with Crippen molar-refractivity contribution in [1.82, 2.24) is 4.90 Å². The first-order chi connectivity index (χ1) is 10.0. The van der Waals surface area contributed by atoms with E-state index in [4.69, 9.17) is 12.2 Å². The van der Waals surface area contributed by atoms with Crippen LogP contribution in [0.25, 0.3) is 6.08 Å². The second-order valence-electron chi connectivity index (χ2n) is 4.34. The maximum absolute atomic E-state index is 12.1. The molecule has 0 aliphatic carbocycles. The molecule has 1 saturated heterocycles. The maximum atomic E-state index is 12.1. The highest BCUT2D eigenvalue weighted by atomic mass is 32.2. The molecule has 0 N–H and O–H groups in total. The Bertz CT molecular complexity index is 638. The van der Waals surface area contributed by atoms with Gasteiger partial charge in [0, 0.05) is 0 Å². The number of thioether (sulfide) groups is 1. The Balaban J connectivity index is 2.14. The summed E-state index contributed by atoms with van der Waals surface area (Å²) in [6.45, 7) is 1.38. The largest absolute Gasteiger partial charge is 0.548 e. The Morgan fingerprint density at radius 3 is 2.67 bits per heavy atom. The Kier molecular flexibility index (Phi) is 4.93. The van der Waals surface area contributed by atoms with Gasteiger partial charge in [0.1, 0.15) is 4.32 Å². The average Bonchev–Trinajstić information content (AvgIpc) is 2.74. The quantitative estimate of drug-likeness (QED) is 0.623. The predicted molar refractivity (Wildman–Crippen MR) is 85.1 cm³/mol. The molecule has 6 heteroatoms. The molecule has 1 heterocycles. The number of carboxylic acids is 1. The van der Waals surface area contributed by atoms with Crippen molar-refractivity contribution in [3.63, 3.8) is 0 Å². The van der Waals surface area contributed by atoms with E-state index in [0.717, 1.165) is 22.2 Å². The zero-order valence-corrected chi connectivity index (χ0v) is 12.8. The van der Waals surface area contributed by atoms with Gasteiger partial charge in [0.05, 0.1) is 16.9 Å². The molecule has 0 saturated carbocycles. The van der Waals surface area contributed by atoms with Crippen molar-refractivity contribution in [2.24, 2.45) is 0 Å². The summed E-state index contributed by atoms with van der Waals surface area (Å²) in [7, 11) is 0. The molecular weight excluding hydrogens is 306 g/mol. The minimum Gasteiger partial charge on any atom is -0.548 e. The van der Waals surface area contributed by atoms with Gasteiger partial charge in [0.15, 0.2) is 0 Å². The molecule has 0 bridgehead atoms. The summed E-state index contributed by atoms with van der Waals surface area (Å²) in [6, 6.07) is 8.56. The van der Waals surface area contributed by atoms with Crippen LogP contribution in [0.1, 0.15) is 12.5 Å². The van der Waals surface area contributed by atoms with Crippen LogP contribution in [-0.2, 0) is 9.59 Å². The molecule has 21 heavy (non-hydrogen) atoms. The summed E-state index contributed by atoms with van der Waals surface area (Å²) in [5.41, 5.74) is 1.01. The minimum absolute atomic E-state index is 0.232. The molecular formula is C15H12NO3S2-. The van der Waals surface area contributed by atoms with Gasteiger partial charge in [-0.25, -0.2) is 0 Å². The van der Waals surface area contributed by atoms with E-state index in [1.165, 1.54) is 6.92 Å². The maximum Gasteiger partial charge on any atom is 0.266 e. The lowest BCUT2D eigenvalue weighted by Gasteiger charge is -2.23. The highest BCUT2D eigenvalue weighted by molar-refractivity contribution is 8.26. The Labute approximate surface area is 132 Å². The van der Waals surface area contributed by atoms with Gasteiger partial charge in [-0.05, 0) is 18.6 Å². The third-order valence-electron chi connectivity index (χ3n) is 2.89. The highest BCUT2D eigenvalue weighted by Crippen LogP contribution is 2.32. The number of carboxylic acid groups (broad SMARTS) is 1. The van der Waals surface area contributed by atoms with Gasteiger partial charge in [-0.15, -0.1) is 0 Å². The number of thiocarbonyl (C=S) groups is 1. The first-order valence-electron chi connectivity index (χ1n) is 6.20. The van der Waals surface area contributed by atoms with Crippen molar-refractivity contribution in [3.05, 3.63) is 53.0 Å². The van der Waals surface area contributed by atoms with Crippen LogP contribution in [0, 0.1) is 0 Å². The molecule has 1 aromatic carbocycles. The average molecular weight is 318 g/mol. The molecule has 2 rings (SSSR count). The van der Waals surface area contributed by atoms with E-state index in [0.29, 0.717) is 4.91 Å². The fourth-order valence-corrected chi connectivity index (χ4v) is 3.11. The number of hydrogen-bond acceptors (Lipinski definition) is 5. The Morgan fingerprint density at radius 2 is 2.05 bits per heavy atom. The summed E-state index contributed by atoms with van der Waals surface area (Å²) in [5.74, 6) is -1.73. The van der Waals surface area contributed by atoms with Gasteiger partial charge < -0.3 is 9.90 Å². The lowest BCUT2D eigenvalue weighted by atomic mass is 10.2. The van der Waals surface area contributed by atoms with Gasteiger partial charge in [-0.1, -0.05) is 66.5 Å². The molecule has 1 atom stereocenters. The molecule has 1 amide bonds. The van der Waals surface area contributed by atoms with Crippen LogP contribution in [0.5, 0.6) is 0 Å². The molecule has 0 unspecified atom stereocenters. The monoisotopic (exact) mass is 318 g/mol. The molecule has 1 fully saturated rings. The smallest absolute Gasteiger partial charge is 0.266 e. The van der Waals surface area contributed by atoms with Crippen LogP contribution < -0.4 is 5.11 Å². The van der Waals surface area contributed by atoms with Crippen molar-refractivity contribution < 1.29 is 14.7 Å². The van der Waals surface area contributed by atoms with Crippen LogP contribution in [0.3, 0.4) is 0 Å². The normalized spacial score (nSPS) is 18.7. The second-order valence-corrected chi connectivity index (χ2v) is 6.01. The SMILES string of the molecule is C[C@H](C(=O)[O-])N1C(=O)C(=CC=Cc2ccccc2)SC1=S. The summed E-state index contributed by atoms with van der Waals surface area (Å²) < 4.78 is 0.232. The number of amides is 1. The first-order valence-corrected chi connectivity index (χ1v) is 7.43. The summed E-state index contributed by atoms with van der Waals surface area (Å²) in [5, 5.41) is 10.9. The van der Waals surface area contributed by atoms with Gasteiger partial charge in [0.2, 0.25) is 0 Å². The topological polar surface area (TPSA) is 60.4 Å². The fraction of sp³-hybridized carbons (Fsp3) is 0.133. The fourth-order valence-electron chi connectivity index (χ4n) is 1.74. The van der Waals surface area contributed by atoms with E-state index in [9.17, 15) is 14.7 Å². The summed E-state index contributed by atoms with van der Waals surface area (Å²) >= 11 is 6.14. The van der Waals surface area contributed by atoms with Gasteiger partial charge in [-0.3, -0.25) is 9.69 Å². The van der Waals surface area contributed by atoms with Crippen molar-refractivity contribution in [1.29, 1.82) is 0 Å². The standard InChI is InChI=1S/C15H13NO3S2/c1-10(14(18)19)16-13(17)12(21-15(16)20)9-5-8-11-6-3-2-4-7-11/h2-10H,1H3,(H,18,19)/p-1/t10-/m1/s1. The molecule has 1 aliphatic rings. The van der Waals surface area contributed by atoms with E-state index in [-0.39, 0.29) is 4.32 Å². The van der Waals surface area contributed by atoms with Crippen LogP contribution in [0.4, 0.5) is 0 Å². The lowest BCUT2D eigenvalue weighted by Crippen LogP contribution is -2.48. The molecule has 0 radical (unpaired) electrons. The van der Waals surface area contributed by atoms with Crippen LogP contribution in [0.2, 0.25) is 0 Å². The Hall–Kier alpha value is -1.92. The van der Waals surface area contributed by atoms with Crippen LogP contribution in [0.15, 0.2) is 47.4 Å². The zero-order valence-electron chi connectivity index (χ0n) is 11.2. The molecule has 108 valence electrons. The summed E-state index contributed by atoms with van der Waals surface area (Å²) in [4.78, 5) is 24.5. The Morgan fingerprint density at radius 1 is 1.38 bits per heavy atom. The van der Waals surface area contributed by atoms with E-state index in [1.807, 2.05) is 36.4 Å². The second kappa shape index (κ2) is 6.69. The summed E-state index contributed by atoms with van der Waals surface area (Å²) in [6.07, 6.45) is 5.23. The predicted octanol–water partition coefficient (Wildman–Crippen LogP) is 1.58. The zero-order chi connectivity index (χ0) is 15.4. The number of carbonyl (C=O) groups excluding carboxylic acids is 2. The molecule has 1 aliphatic heterocycles. The van der Waals surface area contributed by atoms with Gasteiger partial charge in [-0.2, -0.15) is 0 Å². The van der Waals surface area contributed by atoms with Crippen LogP contribution in [-0.4, -0.2) is 27.1 Å². The third-order valence-corrected chi connectivity index (χ3v) is 4.24. The molecule has 0 spiro atoms. The molecule has 4 nitrogen and oxygen atoms in total. The third kappa shape index (κ3) is 3.59. The van der Waals surface area contributed by atoms with E-state index in [1.54, 1.807) is 12.2 Å². The van der Waals surface area contributed by atoms with Gasteiger partial charge in [0.25, 0.3) is 5.91 Å². The highest BCUT2D eigenvalue weighted by Gasteiger charge is 2.35. The minimum atomic E-state index is -1.33. The van der Waals surface area contributed by atoms with Gasteiger partial charge >= 0.3 is 0 Å². The van der Waals surface area contributed by atoms with Crippen LogP contribution >= 0.6 is 24.0 Å². The van der Waals surface area contributed by atoms with Crippen molar-refractivity contribution in [3.8, 4) is 0 Å². The van der Waals surface area contributed by atoms with E-state index in [2.05, 4.69) is 0 Å². The molecule has 1 aromatic rings. The number of nitrogens with zero attached hydrogens (tertiary/aromatic N) is 1. The molecule has 0 aromatic heterocycles. The number of aliphatic carboxylic acids is 1. The number of carbonyl (C=O) groups is 2. The lowest BCUT2D eigenvalue weighted by molar-refractivity contribution is -0.309. The van der Waals surface area contributed by atoms with E-state index < -0.39 is 17.9 Å². The number of allylic oxidation sites excluding steroid dienone is 2. The van der Waals surface area contributed by atoms with Crippen molar-refractivity contribution in [2.75, 3.05) is 0 Å². The van der Waals surface area contributed by atoms with Crippen molar-refractivity contribution >= 4 is 46.3 Å². The number of rotatable bonds is 4. The van der Waals surface area contributed by atoms with Crippen molar-refractivity contribution in [2.45, 2.75) is 13.0 Å².